The van der Waals surface area contributed by atoms with E-state index in [1.54, 1.807) is 23.7 Å². The van der Waals surface area contributed by atoms with Gasteiger partial charge in [-0.15, -0.1) is 16.4 Å². The SMILES string of the molecule is O=C(O)ON1CC=C(c2cncc(-c3cc(Br)cs3)n2)CC1. The van der Waals surface area contributed by atoms with Crippen LogP contribution in [0, 0.1) is 0 Å². The van der Waals surface area contributed by atoms with Gasteiger partial charge in [-0.25, -0.2) is 9.78 Å². The van der Waals surface area contributed by atoms with Crippen LogP contribution < -0.4 is 0 Å². The van der Waals surface area contributed by atoms with Gasteiger partial charge in [0.1, 0.15) is 0 Å². The smallest absolute Gasteiger partial charge is 0.448 e. The first-order chi connectivity index (χ1) is 10.6. The Balaban J connectivity index is 1.78. The molecule has 1 aliphatic heterocycles. The van der Waals surface area contributed by atoms with E-state index in [1.165, 1.54) is 5.06 Å². The largest absolute Gasteiger partial charge is 0.525 e. The van der Waals surface area contributed by atoms with E-state index < -0.39 is 6.16 Å². The Bertz CT molecular complexity index is 732. The number of hydrogen-bond acceptors (Lipinski definition) is 6. The highest BCUT2D eigenvalue weighted by Gasteiger charge is 2.17. The lowest BCUT2D eigenvalue weighted by atomic mass is 10.1. The Labute approximate surface area is 139 Å². The van der Waals surface area contributed by atoms with Gasteiger partial charge < -0.3 is 9.94 Å². The van der Waals surface area contributed by atoms with Gasteiger partial charge in [-0.05, 0) is 34.0 Å². The number of carbonyl (C=O) groups is 1. The number of hydrogen-bond donors (Lipinski definition) is 1. The third kappa shape index (κ3) is 3.52. The molecule has 8 heteroatoms. The molecular formula is C14H12BrN3O3S. The molecule has 0 atom stereocenters. The number of hydroxylamine groups is 2. The van der Waals surface area contributed by atoms with Crippen molar-refractivity contribution in [2.75, 3.05) is 13.1 Å². The van der Waals surface area contributed by atoms with Crippen LogP contribution >= 0.6 is 27.3 Å². The maximum atomic E-state index is 10.5. The fourth-order valence-corrected chi connectivity index (χ4v) is 3.55. The molecule has 3 rings (SSSR count). The fraction of sp³-hybridized carbons (Fsp3) is 0.214. The van der Waals surface area contributed by atoms with E-state index in [4.69, 9.17) is 5.11 Å². The molecule has 0 unspecified atom stereocenters. The van der Waals surface area contributed by atoms with Gasteiger partial charge in [0.15, 0.2) is 0 Å². The first-order valence-electron chi connectivity index (χ1n) is 6.53. The lowest BCUT2D eigenvalue weighted by Gasteiger charge is -2.23. The van der Waals surface area contributed by atoms with E-state index in [2.05, 4.69) is 30.7 Å². The van der Waals surface area contributed by atoms with E-state index in [9.17, 15) is 4.79 Å². The van der Waals surface area contributed by atoms with Crippen LogP contribution in [0.1, 0.15) is 12.1 Å². The van der Waals surface area contributed by atoms with E-state index >= 15 is 0 Å². The first-order valence-corrected chi connectivity index (χ1v) is 8.21. The van der Waals surface area contributed by atoms with Crippen molar-refractivity contribution in [3.8, 4) is 10.6 Å². The minimum Gasteiger partial charge on any atom is -0.448 e. The molecule has 1 N–H and O–H groups in total. The summed E-state index contributed by atoms with van der Waals surface area (Å²) >= 11 is 5.04. The molecule has 2 aromatic heterocycles. The normalized spacial score (nSPS) is 15.4. The molecule has 3 heterocycles. The van der Waals surface area contributed by atoms with Crippen LogP contribution in [0.2, 0.25) is 0 Å². The molecule has 0 radical (unpaired) electrons. The quantitative estimate of drug-likeness (QED) is 0.873. The molecule has 6 nitrogen and oxygen atoms in total. The maximum Gasteiger partial charge on any atom is 0.525 e. The molecule has 0 aromatic carbocycles. The van der Waals surface area contributed by atoms with Gasteiger partial charge in [0.05, 0.1) is 35.2 Å². The molecule has 0 saturated heterocycles. The minimum absolute atomic E-state index is 0.415. The molecule has 0 bridgehead atoms. The molecule has 114 valence electrons. The molecule has 1 aliphatic rings. The summed E-state index contributed by atoms with van der Waals surface area (Å²) in [5.41, 5.74) is 2.70. The average molecular weight is 382 g/mol. The number of rotatable bonds is 3. The number of thiophene rings is 1. The van der Waals surface area contributed by atoms with Crippen molar-refractivity contribution in [3.05, 3.63) is 40.1 Å². The van der Waals surface area contributed by atoms with Crippen LogP contribution in [0.5, 0.6) is 0 Å². The van der Waals surface area contributed by atoms with Crippen molar-refractivity contribution >= 4 is 39.0 Å². The second-order valence-corrected chi connectivity index (χ2v) is 6.47. The van der Waals surface area contributed by atoms with E-state index in [0.717, 1.165) is 26.3 Å². The molecular weight excluding hydrogens is 370 g/mol. The van der Waals surface area contributed by atoms with Gasteiger partial charge in [-0.1, -0.05) is 6.08 Å². The Morgan fingerprint density at radius 1 is 1.41 bits per heavy atom. The predicted molar refractivity (Wildman–Crippen MR) is 86.3 cm³/mol. The first kappa shape index (κ1) is 15.1. The van der Waals surface area contributed by atoms with Crippen molar-refractivity contribution < 1.29 is 14.7 Å². The van der Waals surface area contributed by atoms with Crippen LogP contribution in [-0.4, -0.2) is 39.4 Å². The number of carboxylic acid groups (broad SMARTS) is 1. The van der Waals surface area contributed by atoms with Crippen molar-refractivity contribution in [2.24, 2.45) is 0 Å². The van der Waals surface area contributed by atoms with Crippen molar-refractivity contribution in [3.63, 3.8) is 0 Å². The molecule has 22 heavy (non-hydrogen) atoms. The summed E-state index contributed by atoms with van der Waals surface area (Å²) in [6, 6.07) is 2.01. The van der Waals surface area contributed by atoms with Crippen LogP contribution in [-0.2, 0) is 4.84 Å². The molecule has 0 spiro atoms. The summed E-state index contributed by atoms with van der Waals surface area (Å²) in [6.07, 6.45) is 4.77. The predicted octanol–water partition coefficient (Wildman–Crippen LogP) is 3.67. The molecule has 0 aliphatic carbocycles. The third-order valence-corrected chi connectivity index (χ3v) is 4.88. The summed E-state index contributed by atoms with van der Waals surface area (Å²) in [5.74, 6) is 0. The number of aromatic nitrogens is 2. The van der Waals surface area contributed by atoms with Crippen molar-refractivity contribution in [2.45, 2.75) is 6.42 Å². The Morgan fingerprint density at radius 2 is 2.23 bits per heavy atom. The Hall–Kier alpha value is -1.77. The van der Waals surface area contributed by atoms with Crippen LogP contribution in [0.3, 0.4) is 0 Å². The van der Waals surface area contributed by atoms with Gasteiger partial charge in [0.25, 0.3) is 0 Å². The Kier molecular flexibility index (Phi) is 4.51. The van der Waals surface area contributed by atoms with Crippen LogP contribution in [0.25, 0.3) is 16.1 Å². The lowest BCUT2D eigenvalue weighted by Crippen LogP contribution is -2.30. The highest BCUT2D eigenvalue weighted by atomic mass is 79.9. The molecule has 2 aromatic rings. The monoisotopic (exact) mass is 381 g/mol. The lowest BCUT2D eigenvalue weighted by molar-refractivity contribution is -0.112. The van der Waals surface area contributed by atoms with E-state index in [1.807, 2.05) is 17.5 Å². The molecule has 0 fully saturated rings. The summed E-state index contributed by atoms with van der Waals surface area (Å²) in [7, 11) is 0. The summed E-state index contributed by atoms with van der Waals surface area (Å²) < 4.78 is 1.03. The zero-order chi connectivity index (χ0) is 15.5. The zero-order valence-corrected chi connectivity index (χ0v) is 13.8. The standard InChI is InChI=1S/C14H12BrN3O3S/c15-10-5-13(22-8-10)12-7-16-6-11(17-12)9-1-3-18(4-2-9)21-14(19)20/h1,5-8H,2-4H2,(H,19,20). The zero-order valence-electron chi connectivity index (χ0n) is 11.4. The maximum absolute atomic E-state index is 10.5. The Morgan fingerprint density at radius 3 is 2.86 bits per heavy atom. The second kappa shape index (κ2) is 6.55. The number of halogens is 1. The molecule has 0 saturated carbocycles. The topological polar surface area (TPSA) is 75.6 Å². The van der Waals surface area contributed by atoms with Crippen molar-refractivity contribution in [1.29, 1.82) is 0 Å². The number of nitrogens with zero attached hydrogens (tertiary/aromatic N) is 3. The fourth-order valence-electron chi connectivity index (χ4n) is 2.16. The summed E-state index contributed by atoms with van der Waals surface area (Å²) in [4.78, 5) is 25.1. The van der Waals surface area contributed by atoms with Crippen LogP contribution in [0.4, 0.5) is 4.79 Å². The van der Waals surface area contributed by atoms with Crippen molar-refractivity contribution in [1.82, 2.24) is 15.0 Å². The third-order valence-electron chi connectivity index (χ3n) is 3.16. The minimum atomic E-state index is -1.29. The second-order valence-electron chi connectivity index (χ2n) is 4.64. The van der Waals surface area contributed by atoms with Gasteiger partial charge >= 0.3 is 6.16 Å². The van der Waals surface area contributed by atoms with Gasteiger partial charge in [0, 0.05) is 16.4 Å². The summed E-state index contributed by atoms with van der Waals surface area (Å²) in [5, 5.41) is 12.0. The van der Waals surface area contributed by atoms with Gasteiger partial charge in [-0.2, -0.15) is 0 Å². The van der Waals surface area contributed by atoms with E-state index in [-0.39, 0.29) is 0 Å². The van der Waals surface area contributed by atoms with E-state index in [0.29, 0.717) is 19.5 Å². The molecule has 0 amide bonds. The average Bonchev–Trinajstić information content (AvgIpc) is 2.94. The highest BCUT2D eigenvalue weighted by molar-refractivity contribution is 9.10. The summed E-state index contributed by atoms with van der Waals surface area (Å²) in [6.45, 7) is 0.923. The van der Waals surface area contributed by atoms with Crippen LogP contribution in [0.15, 0.2) is 34.4 Å². The van der Waals surface area contributed by atoms with Gasteiger partial charge in [-0.3, -0.25) is 4.98 Å². The highest BCUT2D eigenvalue weighted by Crippen LogP contribution is 2.29. The van der Waals surface area contributed by atoms with Gasteiger partial charge in [0.2, 0.25) is 0 Å².